The van der Waals surface area contributed by atoms with Crippen LogP contribution < -0.4 is 4.90 Å². The molecular weight excluding hydrogens is 396 g/mol. The Kier molecular flexibility index (Phi) is 5.15. The molecular formula is C26H34N6. The first-order valence-corrected chi connectivity index (χ1v) is 12.3. The summed E-state index contributed by atoms with van der Waals surface area (Å²) < 4.78 is 2.31. The second-order valence-electron chi connectivity index (χ2n) is 9.95. The number of hydrogen-bond acceptors (Lipinski definition) is 5. The van der Waals surface area contributed by atoms with E-state index in [0.717, 1.165) is 44.2 Å². The average molecular weight is 431 g/mol. The van der Waals surface area contributed by atoms with Crippen LogP contribution in [0.3, 0.4) is 0 Å². The average Bonchev–Trinajstić information content (AvgIpc) is 3.58. The highest BCUT2D eigenvalue weighted by molar-refractivity contribution is 5.53. The van der Waals surface area contributed by atoms with Gasteiger partial charge in [0.2, 0.25) is 0 Å². The Morgan fingerprint density at radius 1 is 0.875 bits per heavy atom. The maximum Gasteiger partial charge on any atom is 0.138 e. The van der Waals surface area contributed by atoms with Crippen molar-refractivity contribution in [2.24, 2.45) is 0 Å². The van der Waals surface area contributed by atoms with Crippen molar-refractivity contribution >= 4 is 11.5 Å². The van der Waals surface area contributed by atoms with Gasteiger partial charge in [0.05, 0.1) is 23.5 Å². The summed E-state index contributed by atoms with van der Waals surface area (Å²) in [6.45, 7) is 4.35. The first kappa shape index (κ1) is 20.2. The first-order valence-electron chi connectivity index (χ1n) is 12.3. The molecule has 2 atom stereocenters. The molecule has 6 heteroatoms. The smallest absolute Gasteiger partial charge is 0.138 e. The van der Waals surface area contributed by atoms with Crippen LogP contribution in [0.15, 0.2) is 42.7 Å². The number of nitrogens with zero attached hydrogens (tertiary/aromatic N) is 6. The fraction of sp³-hybridized carbons (Fsp3) is 0.538. The second-order valence-corrected chi connectivity index (χ2v) is 9.95. The maximum absolute atomic E-state index is 5.12. The fourth-order valence-electron chi connectivity index (χ4n) is 5.73. The number of likely N-dealkylation sites (N-methyl/N-ethyl adjacent to an activating group) is 1. The van der Waals surface area contributed by atoms with E-state index in [9.17, 15) is 0 Å². The van der Waals surface area contributed by atoms with E-state index in [-0.39, 0.29) is 0 Å². The number of anilines is 1. The van der Waals surface area contributed by atoms with Gasteiger partial charge in [0.25, 0.3) is 0 Å². The molecule has 2 saturated heterocycles. The van der Waals surface area contributed by atoms with Crippen LogP contribution in [-0.2, 0) is 0 Å². The highest BCUT2D eigenvalue weighted by Gasteiger charge is 2.36. The van der Waals surface area contributed by atoms with Gasteiger partial charge in [-0.1, -0.05) is 12.1 Å². The molecule has 0 radical (unpaired) electrons. The van der Waals surface area contributed by atoms with Crippen molar-refractivity contribution < 1.29 is 0 Å². The molecule has 0 amide bonds. The minimum absolute atomic E-state index is 0.336. The molecule has 1 saturated carbocycles. The monoisotopic (exact) mass is 430 g/mol. The van der Waals surface area contributed by atoms with E-state index in [1.807, 2.05) is 6.20 Å². The lowest BCUT2D eigenvalue weighted by atomic mass is 9.90. The van der Waals surface area contributed by atoms with Crippen LogP contribution in [0, 0.1) is 0 Å². The highest BCUT2D eigenvalue weighted by atomic mass is 15.3. The molecule has 0 spiro atoms. The molecule has 1 aliphatic carbocycles. The van der Waals surface area contributed by atoms with Crippen LogP contribution in [0.1, 0.15) is 67.1 Å². The SMILES string of the molecule is CN1CCN(c2cccc3nc([C@H]4CCC[C@@H](c5ncccc5C5CC5)N4C)cn23)CC1. The third-order valence-electron chi connectivity index (χ3n) is 7.80. The number of aromatic nitrogens is 3. The lowest BCUT2D eigenvalue weighted by Gasteiger charge is -2.39. The zero-order valence-electron chi connectivity index (χ0n) is 19.3. The largest absolute Gasteiger partial charge is 0.355 e. The third-order valence-corrected chi connectivity index (χ3v) is 7.80. The van der Waals surface area contributed by atoms with E-state index < -0.39 is 0 Å². The lowest BCUT2D eigenvalue weighted by Crippen LogP contribution is -2.45. The summed E-state index contributed by atoms with van der Waals surface area (Å²) >= 11 is 0. The zero-order chi connectivity index (χ0) is 21.7. The number of pyridine rings is 2. The van der Waals surface area contributed by atoms with Crippen LogP contribution in [0.5, 0.6) is 0 Å². The van der Waals surface area contributed by atoms with Gasteiger partial charge >= 0.3 is 0 Å². The Labute approximate surface area is 190 Å². The van der Waals surface area contributed by atoms with Gasteiger partial charge in [0, 0.05) is 38.6 Å². The number of hydrogen-bond donors (Lipinski definition) is 0. The van der Waals surface area contributed by atoms with Crippen LogP contribution >= 0.6 is 0 Å². The molecule has 0 unspecified atom stereocenters. The lowest BCUT2D eigenvalue weighted by molar-refractivity contribution is 0.109. The number of rotatable bonds is 4. The molecule has 6 nitrogen and oxygen atoms in total. The van der Waals surface area contributed by atoms with Crippen molar-refractivity contribution in [1.82, 2.24) is 24.2 Å². The molecule has 5 heterocycles. The van der Waals surface area contributed by atoms with Gasteiger partial charge in [0.1, 0.15) is 11.5 Å². The number of piperazine rings is 1. The van der Waals surface area contributed by atoms with Gasteiger partial charge in [-0.05, 0) is 75.9 Å². The Bertz CT molecular complexity index is 1090. The highest BCUT2D eigenvalue weighted by Crippen LogP contribution is 2.46. The van der Waals surface area contributed by atoms with Gasteiger partial charge in [-0.25, -0.2) is 4.98 Å². The fourth-order valence-corrected chi connectivity index (χ4v) is 5.73. The van der Waals surface area contributed by atoms with Crippen molar-refractivity contribution in [3.05, 3.63) is 59.7 Å². The Balaban J connectivity index is 1.31. The molecule has 3 aliphatic rings. The Hall–Kier alpha value is -2.44. The van der Waals surface area contributed by atoms with E-state index in [4.69, 9.17) is 9.97 Å². The second kappa shape index (κ2) is 8.16. The minimum Gasteiger partial charge on any atom is -0.355 e. The van der Waals surface area contributed by atoms with Gasteiger partial charge < -0.3 is 9.80 Å². The van der Waals surface area contributed by atoms with Crippen molar-refractivity contribution in [2.75, 3.05) is 45.2 Å². The minimum atomic E-state index is 0.336. The number of fused-ring (bicyclic) bond motifs is 1. The molecule has 0 aromatic carbocycles. The molecule has 3 aromatic rings. The summed E-state index contributed by atoms with van der Waals surface area (Å²) in [7, 11) is 4.49. The molecule has 3 fully saturated rings. The van der Waals surface area contributed by atoms with E-state index in [2.05, 4.69) is 69.7 Å². The van der Waals surface area contributed by atoms with Gasteiger partial charge in [-0.15, -0.1) is 0 Å². The molecule has 0 bridgehead atoms. The summed E-state index contributed by atoms with van der Waals surface area (Å²) in [6.07, 6.45) is 10.5. The molecule has 32 heavy (non-hydrogen) atoms. The van der Waals surface area contributed by atoms with Gasteiger partial charge in [-0.2, -0.15) is 0 Å². The maximum atomic E-state index is 5.12. The van der Waals surface area contributed by atoms with Crippen molar-refractivity contribution in [2.45, 2.75) is 50.1 Å². The normalized spacial score (nSPS) is 25.5. The van der Waals surface area contributed by atoms with Gasteiger partial charge in [-0.3, -0.25) is 14.3 Å². The van der Waals surface area contributed by atoms with E-state index >= 15 is 0 Å². The van der Waals surface area contributed by atoms with Crippen LogP contribution in [-0.4, -0.2) is 64.4 Å². The van der Waals surface area contributed by atoms with Crippen molar-refractivity contribution in [1.29, 1.82) is 0 Å². The molecule has 3 aromatic heterocycles. The quantitative estimate of drug-likeness (QED) is 0.619. The number of imidazole rings is 1. The summed E-state index contributed by atoms with van der Waals surface area (Å²) in [5.74, 6) is 2.00. The summed E-state index contributed by atoms with van der Waals surface area (Å²) in [4.78, 5) is 17.5. The summed E-state index contributed by atoms with van der Waals surface area (Å²) in [5.41, 5.74) is 5.05. The molecule has 6 rings (SSSR count). The Morgan fingerprint density at radius 3 is 2.50 bits per heavy atom. The molecule has 0 N–H and O–H groups in total. The van der Waals surface area contributed by atoms with Crippen LogP contribution in [0.25, 0.3) is 5.65 Å². The van der Waals surface area contributed by atoms with E-state index in [1.54, 1.807) is 0 Å². The van der Waals surface area contributed by atoms with E-state index in [0.29, 0.717) is 12.1 Å². The van der Waals surface area contributed by atoms with Crippen LogP contribution in [0.4, 0.5) is 5.82 Å². The summed E-state index contributed by atoms with van der Waals surface area (Å²) in [6, 6.07) is 11.7. The topological polar surface area (TPSA) is 39.9 Å². The molecule has 168 valence electrons. The standard InChI is InChI=1S/C26H34N6/c1-29-14-16-31(17-15-29)25-10-4-9-24-28-21(18-32(24)25)22-7-3-8-23(30(22)2)26-20(19-11-12-19)6-5-13-27-26/h4-6,9-10,13,18-19,22-23H,3,7-8,11-12,14-17H2,1-2H3/t22-,23+/m1/s1. The zero-order valence-corrected chi connectivity index (χ0v) is 19.3. The van der Waals surface area contributed by atoms with Crippen LogP contribution in [0.2, 0.25) is 0 Å². The van der Waals surface area contributed by atoms with Gasteiger partial charge in [0.15, 0.2) is 0 Å². The third kappa shape index (κ3) is 3.59. The predicted octanol–water partition coefficient (Wildman–Crippen LogP) is 4.26. The number of piperidine rings is 1. The summed E-state index contributed by atoms with van der Waals surface area (Å²) in [5, 5.41) is 0. The van der Waals surface area contributed by atoms with E-state index in [1.165, 1.54) is 48.5 Å². The first-order chi connectivity index (χ1) is 15.7. The van der Waals surface area contributed by atoms with Crippen molar-refractivity contribution in [3.8, 4) is 0 Å². The molecule has 2 aliphatic heterocycles. The predicted molar refractivity (Wildman–Crippen MR) is 128 cm³/mol. The number of likely N-dealkylation sites (tertiary alicyclic amines) is 1. The Morgan fingerprint density at radius 2 is 1.69 bits per heavy atom. The van der Waals surface area contributed by atoms with Crippen molar-refractivity contribution in [3.63, 3.8) is 0 Å².